The van der Waals surface area contributed by atoms with Gasteiger partial charge in [-0.15, -0.1) is 21.5 Å². The molecular formula is C14H15N3O3S2. The molecule has 1 aliphatic rings. The van der Waals surface area contributed by atoms with Crippen LogP contribution in [0, 0.1) is 6.92 Å². The van der Waals surface area contributed by atoms with Crippen molar-refractivity contribution in [3.63, 3.8) is 0 Å². The molecule has 22 heavy (non-hydrogen) atoms. The Labute approximate surface area is 132 Å². The Morgan fingerprint density at radius 3 is 2.73 bits per heavy atom. The molecule has 2 aromatic rings. The fraction of sp³-hybridized carbons (Fsp3) is 0.357. The minimum atomic E-state index is -3.65. The van der Waals surface area contributed by atoms with E-state index in [2.05, 4.69) is 10.2 Å². The number of hydrogen-bond donors (Lipinski definition) is 0. The van der Waals surface area contributed by atoms with E-state index in [-0.39, 0.29) is 17.2 Å². The van der Waals surface area contributed by atoms with Crippen molar-refractivity contribution in [3.05, 3.63) is 39.3 Å². The highest BCUT2D eigenvalue weighted by atomic mass is 32.2. The van der Waals surface area contributed by atoms with Gasteiger partial charge in [-0.1, -0.05) is 6.07 Å². The van der Waals surface area contributed by atoms with Crippen molar-refractivity contribution in [1.82, 2.24) is 14.5 Å². The van der Waals surface area contributed by atoms with E-state index in [0.717, 1.165) is 10.6 Å². The molecule has 0 radical (unpaired) electrons. The molecule has 0 unspecified atom stereocenters. The molecule has 1 aromatic carbocycles. The number of Topliss-reactive ketones (excluding diaryl/α,β-unsaturated/α-hetero) is 1. The fourth-order valence-corrected chi connectivity index (χ4v) is 4.44. The van der Waals surface area contributed by atoms with Gasteiger partial charge in [0.05, 0.1) is 11.4 Å². The Hall–Kier alpha value is -1.64. The van der Waals surface area contributed by atoms with Crippen LogP contribution in [0.4, 0.5) is 0 Å². The van der Waals surface area contributed by atoms with E-state index in [1.54, 1.807) is 12.1 Å². The molecule has 0 aliphatic heterocycles. The second kappa shape index (κ2) is 5.53. The highest BCUT2D eigenvalue weighted by molar-refractivity contribution is 7.89. The second-order valence-corrected chi connectivity index (χ2v) is 8.53. The zero-order valence-corrected chi connectivity index (χ0v) is 13.9. The number of aromatic nitrogens is 2. The van der Waals surface area contributed by atoms with Crippen molar-refractivity contribution >= 4 is 27.1 Å². The van der Waals surface area contributed by atoms with E-state index in [0.29, 0.717) is 23.4 Å². The van der Waals surface area contributed by atoms with Gasteiger partial charge in [0.2, 0.25) is 10.0 Å². The molecule has 0 spiro atoms. The zero-order chi connectivity index (χ0) is 15.9. The molecule has 116 valence electrons. The Balaban J connectivity index is 1.89. The standard InChI is InChI=1S/C14H15N3O3S2/c1-9-15-16-14(21-9)8-17(2)22(19,20)11-5-3-10-4-6-13(18)12(10)7-11/h3,5,7H,4,6,8H2,1-2H3. The van der Waals surface area contributed by atoms with Crippen LogP contribution in [0.3, 0.4) is 0 Å². The summed E-state index contributed by atoms with van der Waals surface area (Å²) >= 11 is 1.37. The molecule has 0 bridgehead atoms. The summed E-state index contributed by atoms with van der Waals surface area (Å²) in [7, 11) is -2.15. The van der Waals surface area contributed by atoms with Gasteiger partial charge in [0.25, 0.3) is 0 Å². The lowest BCUT2D eigenvalue weighted by atomic mass is 10.1. The number of aryl methyl sites for hydroxylation is 2. The summed E-state index contributed by atoms with van der Waals surface area (Å²) in [5.74, 6) is 0.00875. The predicted molar refractivity (Wildman–Crippen MR) is 82.4 cm³/mol. The van der Waals surface area contributed by atoms with Gasteiger partial charge in [-0.25, -0.2) is 8.42 Å². The average molecular weight is 337 g/mol. The number of nitrogens with zero attached hydrogens (tertiary/aromatic N) is 3. The van der Waals surface area contributed by atoms with Crippen molar-refractivity contribution in [2.45, 2.75) is 31.2 Å². The summed E-state index contributed by atoms with van der Waals surface area (Å²) in [5, 5.41) is 9.26. The third-order valence-corrected chi connectivity index (χ3v) is 6.26. The van der Waals surface area contributed by atoms with Gasteiger partial charge in [-0.05, 0) is 31.0 Å². The Kier molecular flexibility index (Phi) is 3.84. The predicted octanol–water partition coefficient (Wildman–Crippen LogP) is 1.80. The first-order valence-electron chi connectivity index (χ1n) is 6.79. The lowest BCUT2D eigenvalue weighted by Gasteiger charge is -2.16. The van der Waals surface area contributed by atoms with E-state index >= 15 is 0 Å². The smallest absolute Gasteiger partial charge is 0.243 e. The van der Waals surface area contributed by atoms with E-state index < -0.39 is 10.0 Å². The summed E-state index contributed by atoms with van der Waals surface area (Å²) in [6.45, 7) is 1.99. The van der Waals surface area contributed by atoms with Crippen LogP contribution in [0.1, 0.15) is 32.4 Å². The Morgan fingerprint density at radius 2 is 2.05 bits per heavy atom. The molecule has 3 rings (SSSR count). The van der Waals surface area contributed by atoms with Crippen LogP contribution in [-0.4, -0.2) is 35.8 Å². The van der Waals surface area contributed by atoms with Gasteiger partial charge in [0.1, 0.15) is 10.0 Å². The topological polar surface area (TPSA) is 80.2 Å². The first kappa shape index (κ1) is 15.3. The van der Waals surface area contributed by atoms with Crippen molar-refractivity contribution < 1.29 is 13.2 Å². The van der Waals surface area contributed by atoms with Crippen LogP contribution in [0.15, 0.2) is 23.1 Å². The first-order chi connectivity index (χ1) is 10.4. The summed E-state index contributed by atoms with van der Waals surface area (Å²) in [6.07, 6.45) is 1.15. The monoisotopic (exact) mass is 337 g/mol. The van der Waals surface area contributed by atoms with Crippen LogP contribution in [0.25, 0.3) is 0 Å². The third kappa shape index (κ3) is 2.69. The maximum Gasteiger partial charge on any atom is 0.243 e. The van der Waals surface area contributed by atoms with E-state index in [9.17, 15) is 13.2 Å². The number of carbonyl (C=O) groups excluding carboxylic acids is 1. The van der Waals surface area contributed by atoms with Crippen molar-refractivity contribution in [3.8, 4) is 0 Å². The molecule has 0 amide bonds. The van der Waals surface area contributed by atoms with Crippen molar-refractivity contribution in [2.75, 3.05) is 7.05 Å². The first-order valence-corrected chi connectivity index (χ1v) is 9.05. The second-order valence-electron chi connectivity index (χ2n) is 5.22. The largest absolute Gasteiger partial charge is 0.294 e. The summed E-state index contributed by atoms with van der Waals surface area (Å²) in [6, 6.07) is 4.78. The normalized spacial score (nSPS) is 14.6. The van der Waals surface area contributed by atoms with Gasteiger partial charge in [0, 0.05) is 19.0 Å². The quantitative estimate of drug-likeness (QED) is 0.850. The van der Waals surface area contributed by atoms with E-state index in [1.807, 2.05) is 6.92 Å². The van der Waals surface area contributed by atoms with E-state index in [1.165, 1.54) is 28.8 Å². The summed E-state index contributed by atoms with van der Waals surface area (Å²) < 4.78 is 26.5. The number of fused-ring (bicyclic) bond motifs is 1. The van der Waals surface area contributed by atoms with Gasteiger partial charge in [-0.3, -0.25) is 4.79 Å². The van der Waals surface area contributed by atoms with Crippen LogP contribution in [0.2, 0.25) is 0 Å². The third-order valence-electron chi connectivity index (χ3n) is 3.64. The highest BCUT2D eigenvalue weighted by Crippen LogP contribution is 2.26. The van der Waals surface area contributed by atoms with Gasteiger partial charge < -0.3 is 0 Å². The lowest BCUT2D eigenvalue weighted by molar-refractivity contribution is 0.0994. The molecule has 0 saturated carbocycles. The number of carbonyl (C=O) groups is 1. The highest BCUT2D eigenvalue weighted by Gasteiger charge is 2.26. The number of hydrogen-bond acceptors (Lipinski definition) is 6. The lowest BCUT2D eigenvalue weighted by Crippen LogP contribution is -2.26. The van der Waals surface area contributed by atoms with Crippen LogP contribution in [-0.2, 0) is 23.0 Å². The molecule has 0 fully saturated rings. The number of benzene rings is 1. The minimum absolute atomic E-state index is 0.00875. The molecule has 0 atom stereocenters. The van der Waals surface area contributed by atoms with Crippen LogP contribution < -0.4 is 0 Å². The minimum Gasteiger partial charge on any atom is -0.294 e. The summed E-state index contributed by atoms with van der Waals surface area (Å²) in [4.78, 5) is 11.9. The van der Waals surface area contributed by atoms with Gasteiger partial charge >= 0.3 is 0 Å². The maximum atomic E-state index is 12.6. The maximum absolute atomic E-state index is 12.6. The molecule has 0 N–H and O–H groups in total. The Bertz CT molecular complexity index is 843. The van der Waals surface area contributed by atoms with Crippen LogP contribution in [0.5, 0.6) is 0 Å². The zero-order valence-electron chi connectivity index (χ0n) is 12.2. The molecule has 8 heteroatoms. The van der Waals surface area contributed by atoms with E-state index in [4.69, 9.17) is 0 Å². The van der Waals surface area contributed by atoms with Crippen LogP contribution >= 0.6 is 11.3 Å². The molecule has 1 heterocycles. The van der Waals surface area contributed by atoms with Gasteiger partial charge in [-0.2, -0.15) is 4.31 Å². The molecule has 0 saturated heterocycles. The molecule has 6 nitrogen and oxygen atoms in total. The van der Waals surface area contributed by atoms with Gasteiger partial charge in [0.15, 0.2) is 5.78 Å². The van der Waals surface area contributed by atoms with Crippen molar-refractivity contribution in [1.29, 1.82) is 0 Å². The number of ketones is 1. The number of rotatable bonds is 4. The SMILES string of the molecule is Cc1nnc(CN(C)S(=O)(=O)c2ccc3c(c2)C(=O)CC3)s1. The molecular weight excluding hydrogens is 322 g/mol. The fourth-order valence-electron chi connectivity index (χ4n) is 2.43. The number of sulfonamides is 1. The summed E-state index contributed by atoms with van der Waals surface area (Å²) in [5.41, 5.74) is 1.45. The Morgan fingerprint density at radius 1 is 1.27 bits per heavy atom. The molecule has 1 aromatic heterocycles. The average Bonchev–Trinajstić information content (AvgIpc) is 3.05. The van der Waals surface area contributed by atoms with Crippen molar-refractivity contribution in [2.24, 2.45) is 0 Å². The molecule has 1 aliphatic carbocycles.